The molecule has 19 heavy (non-hydrogen) atoms. The van der Waals surface area contributed by atoms with Gasteiger partial charge in [-0.1, -0.05) is 45.4 Å². The van der Waals surface area contributed by atoms with Gasteiger partial charge in [0, 0.05) is 20.8 Å². The van der Waals surface area contributed by atoms with Crippen LogP contribution >= 0.6 is 0 Å². The Hall–Kier alpha value is -0.0800. The molecule has 0 heterocycles. The van der Waals surface area contributed by atoms with Crippen molar-refractivity contribution >= 4 is 0 Å². The molecule has 0 aromatic rings. The minimum absolute atomic E-state index is 0.00282. The van der Waals surface area contributed by atoms with Gasteiger partial charge < -0.3 is 9.47 Å². The summed E-state index contributed by atoms with van der Waals surface area (Å²) in [6.07, 6.45) is 11.9. The number of methoxy groups -OCH3 is 2. The quantitative estimate of drug-likeness (QED) is 0.429. The molecule has 1 unspecified atom stereocenters. The molecule has 0 aromatic heterocycles. The molecule has 0 bridgehead atoms. The summed E-state index contributed by atoms with van der Waals surface area (Å²) in [4.78, 5) is 0. The Morgan fingerprint density at radius 2 is 1.42 bits per heavy atom. The second-order valence-corrected chi connectivity index (χ2v) is 6.20. The zero-order valence-electron chi connectivity index (χ0n) is 14.0. The summed E-state index contributed by atoms with van der Waals surface area (Å²) in [7, 11) is 3.62. The van der Waals surface area contributed by atoms with Crippen molar-refractivity contribution in [2.75, 3.05) is 20.8 Å². The van der Waals surface area contributed by atoms with Crippen molar-refractivity contribution in [1.82, 2.24) is 0 Å². The van der Waals surface area contributed by atoms with Crippen LogP contribution in [0.5, 0.6) is 0 Å². The molecule has 0 aliphatic heterocycles. The van der Waals surface area contributed by atoms with Gasteiger partial charge in [-0.3, -0.25) is 0 Å². The first-order valence-corrected chi connectivity index (χ1v) is 8.12. The van der Waals surface area contributed by atoms with Gasteiger partial charge in [-0.05, 0) is 39.0 Å². The normalized spacial score (nSPS) is 13.7. The summed E-state index contributed by atoms with van der Waals surface area (Å²) in [6, 6.07) is 0. The molecule has 0 rings (SSSR count). The second-order valence-electron chi connectivity index (χ2n) is 6.20. The van der Waals surface area contributed by atoms with E-state index in [9.17, 15) is 0 Å². The highest BCUT2D eigenvalue weighted by Crippen LogP contribution is 2.30. The summed E-state index contributed by atoms with van der Waals surface area (Å²) >= 11 is 0. The Morgan fingerprint density at radius 3 is 2.00 bits per heavy atom. The predicted octanol–water partition coefficient (Wildman–Crippen LogP) is 5.20. The molecule has 0 aliphatic carbocycles. The van der Waals surface area contributed by atoms with Crippen molar-refractivity contribution in [3.05, 3.63) is 0 Å². The summed E-state index contributed by atoms with van der Waals surface area (Å²) < 4.78 is 10.9. The maximum Gasteiger partial charge on any atom is 0.0650 e. The molecule has 0 saturated carbocycles. The van der Waals surface area contributed by atoms with E-state index in [2.05, 4.69) is 20.8 Å². The molecular weight excluding hydrogens is 236 g/mol. The zero-order valence-corrected chi connectivity index (χ0v) is 14.0. The monoisotopic (exact) mass is 272 g/mol. The van der Waals surface area contributed by atoms with Crippen molar-refractivity contribution in [2.24, 2.45) is 5.92 Å². The van der Waals surface area contributed by atoms with Crippen LogP contribution in [-0.4, -0.2) is 26.4 Å². The lowest BCUT2D eigenvalue weighted by molar-refractivity contribution is -0.0365. The molecule has 1 atom stereocenters. The maximum absolute atomic E-state index is 5.69. The van der Waals surface area contributed by atoms with Gasteiger partial charge in [-0.15, -0.1) is 0 Å². The van der Waals surface area contributed by atoms with E-state index in [0.29, 0.717) is 5.92 Å². The zero-order chi connectivity index (χ0) is 14.6. The molecule has 0 saturated heterocycles. The van der Waals surface area contributed by atoms with Crippen LogP contribution in [0.2, 0.25) is 0 Å². The van der Waals surface area contributed by atoms with Crippen LogP contribution in [0, 0.1) is 5.92 Å². The fourth-order valence-corrected chi connectivity index (χ4v) is 2.65. The van der Waals surface area contributed by atoms with E-state index < -0.39 is 0 Å². The average Bonchev–Trinajstić information content (AvgIpc) is 2.40. The van der Waals surface area contributed by atoms with Crippen LogP contribution in [0.1, 0.15) is 78.6 Å². The number of hydrogen-bond donors (Lipinski definition) is 0. The van der Waals surface area contributed by atoms with Crippen LogP contribution in [0.25, 0.3) is 0 Å². The third-order valence-corrected chi connectivity index (χ3v) is 4.32. The molecule has 0 N–H and O–H groups in total. The molecule has 0 aliphatic rings. The van der Waals surface area contributed by atoms with E-state index >= 15 is 0 Å². The van der Waals surface area contributed by atoms with Gasteiger partial charge in [0.15, 0.2) is 0 Å². The molecule has 0 amide bonds. The van der Waals surface area contributed by atoms with Crippen LogP contribution in [0.3, 0.4) is 0 Å². The molecule has 0 spiro atoms. The minimum Gasteiger partial charge on any atom is -0.385 e. The summed E-state index contributed by atoms with van der Waals surface area (Å²) in [5.41, 5.74) is -0.00282. The van der Waals surface area contributed by atoms with E-state index in [1.807, 2.05) is 7.11 Å². The molecule has 2 nitrogen and oxygen atoms in total. The Labute approximate surface area is 121 Å². The van der Waals surface area contributed by atoms with Gasteiger partial charge in [-0.2, -0.15) is 0 Å². The first-order chi connectivity index (χ1) is 9.08. The van der Waals surface area contributed by atoms with Gasteiger partial charge in [0.1, 0.15) is 0 Å². The smallest absolute Gasteiger partial charge is 0.0650 e. The van der Waals surface area contributed by atoms with E-state index in [4.69, 9.17) is 9.47 Å². The van der Waals surface area contributed by atoms with E-state index in [0.717, 1.165) is 13.0 Å². The Balaban J connectivity index is 3.91. The molecule has 0 fully saturated rings. The number of hydrogen-bond acceptors (Lipinski definition) is 2. The Morgan fingerprint density at radius 1 is 0.842 bits per heavy atom. The summed E-state index contributed by atoms with van der Waals surface area (Å²) in [6.45, 7) is 7.59. The average molecular weight is 272 g/mol. The lowest BCUT2D eigenvalue weighted by Gasteiger charge is -2.33. The van der Waals surface area contributed by atoms with Gasteiger partial charge in [0.25, 0.3) is 0 Å². The molecule has 0 aromatic carbocycles. The topological polar surface area (TPSA) is 18.5 Å². The highest BCUT2D eigenvalue weighted by Gasteiger charge is 2.28. The number of ether oxygens (including phenoxy) is 2. The fourth-order valence-electron chi connectivity index (χ4n) is 2.65. The lowest BCUT2D eigenvalue weighted by atomic mass is 9.82. The van der Waals surface area contributed by atoms with Gasteiger partial charge in [0.2, 0.25) is 0 Å². The van der Waals surface area contributed by atoms with Crippen molar-refractivity contribution < 1.29 is 9.47 Å². The summed E-state index contributed by atoms with van der Waals surface area (Å²) in [5, 5.41) is 0. The number of unbranched alkanes of at least 4 members (excludes halogenated alkanes) is 5. The van der Waals surface area contributed by atoms with Crippen molar-refractivity contribution in [3.63, 3.8) is 0 Å². The first-order valence-electron chi connectivity index (χ1n) is 8.12. The van der Waals surface area contributed by atoms with Crippen molar-refractivity contribution in [2.45, 2.75) is 84.2 Å². The fraction of sp³-hybridized carbons (Fsp3) is 1.00. The third kappa shape index (κ3) is 9.45. The first kappa shape index (κ1) is 18.9. The van der Waals surface area contributed by atoms with Crippen LogP contribution in [-0.2, 0) is 9.47 Å². The van der Waals surface area contributed by atoms with Crippen LogP contribution < -0.4 is 0 Å². The highest BCUT2D eigenvalue weighted by atomic mass is 16.5. The Bertz CT molecular complexity index is 190. The highest BCUT2D eigenvalue weighted by molar-refractivity contribution is 4.79. The predicted molar refractivity (Wildman–Crippen MR) is 83.7 cm³/mol. The Kier molecular flexibility index (Phi) is 11.7. The summed E-state index contributed by atoms with van der Waals surface area (Å²) in [5.74, 6) is 0.652. The van der Waals surface area contributed by atoms with Gasteiger partial charge in [0.05, 0.1) is 5.60 Å². The maximum atomic E-state index is 5.69. The largest absolute Gasteiger partial charge is 0.385 e. The standard InChI is InChI=1S/C17H36O2/c1-6-7-8-9-10-11-13-16(14-12-15-18-4)17(2,3)19-5/h16H,6-15H2,1-5H3. The molecule has 116 valence electrons. The van der Waals surface area contributed by atoms with Crippen LogP contribution in [0.4, 0.5) is 0 Å². The molecule has 2 heteroatoms. The lowest BCUT2D eigenvalue weighted by Crippen LogP contribution is -2.33. The molecule has 0 radical (unpaired) electrons. The van der Waals surface area contributed by atoms with E-state index in [-0.39, 0.29) is 5.60 Å². The minimum atomic E-state index is -0.00282. The van der Waals surface area contributed by atoms with E-state index in [1.165, 1.54) is 51.4 Å². The van der Waals surface area contributed by atoms with Crippen LogP contribution in [0.15, 0.2) is 0 Å². The molecular formula is C17H36O2. The van der Waals surface area contributed by atoms with Gasteiger partial charge >= 0.3 is 0 Å². The third-order valence-electron chi connectivity index (χ3n) is 4.32. The number of rotatable bonds is 13. The van der Waals surface area contributed by atoms with E-state index in [1.54, 1.807) is 7.11 Å². The second kappa shape index (κ2) is 11.7. The van der Waals surface area contributed by atoms with Crippen molar-refractivity contribution in [1.29, 1.82) is 0 Å². The van der Waals surface area contributed by atoms with Gasteiger partial charge in [-0.25, -0.2) is 0 Å². The van der Waals surface area contributed by atoms with Crippen molar-refractivity contribution in [3.8, 4) is 0 Å². The SMILES string of the molecule is CCCCCCCCC(CCCOC)C(C)(C)OC.